The summed E-state index contributed by atoms with van der Waals surface area (Å²) >= 11 is 0. The molecular formula is C18H20F3N3O3. The predicted molar refractivity (Wildman–Crippen MR) is 88.2 cm³/mol. The quantitative estimate of drug-likeness (QED) is 0.817. The Morgan fingerprint density at radius 1 is 1.48 bits per heavy atom. The van der Waals surface area contributed by atoms with Crippen molar-refractivity contribution in [3.63, 3.8) is 0 Å². The zero-order valence-corrected chi connectivity index (χ0v) is 15.0. The first-order valence-corrected chi connectivity index (χ1v) is 8.65. The van der Waals surface area contributed by atoms with Crippen LogP contribution >= 0.6 is 0 Å². The molecule has 1 aliphatic carbocycles. The van der Waals surface area contributed by atoms with Gasteiger partial charge in [0.1, 0.15) is 17.5 Å². The lowest BCUT2D eigenvalue weighted by Gasteiger charge is -2.41. The lowest BCUT2D eigenvalue weighted by Crippen LogP contribution is -2.55. The van der Waals surface area contributed by atoms with E-state index in [0.29, 0.717) is 18.8 Å². The number of nitrogens with zero attached hydrogens (tertiary/aromatic N) is 2. The Morgan fingerprint density at radius 3 is 2.63 bits per heavy atom. The van der Waals surface area contributed by atoms with Crippen LogP contribution in [0.25, 0.3) is 0 Å². The fraction of sp³-hybridized carbons (Fsp3) is 0.611. The summed E-state index contributed by atoms with van der Waals surface area (Å²) in [5.74, 6) is -0.529. The normalized spacial score (nSPS) is 20.7. The highest BCUT2D eigenvalue weighted by molar-refractivity contribution is 5.93. The molecule has 6 nitrogen and oxygen atoms in total. The van der Waals surface area contributed by atoms with Crippen LogP contribution in [-0.2, 0) is 4.74 Å². The molecule has 2 aliphatic rings. The molecule has 1 saturated heterocycles. The average molecular weight is 383 g/mol. The molecule has 0 unspecified atom stereocenters. The maximum absolute atomic E-state index is 12.9. The van der Waals surface area contributed by atoms with E-state index in [-0.39, 0.29) is 17.4 Å². The van der Waals surface area contributed by atoms with Crippen molar-refractivity contribution < 1.29 is 27.4 Å². The van der Waals surface area contributed by atoms with Gasteiger partial charge in [-0.15, -0.1) is 0 Å². The molecule has 2 heterocycles. The minimum absolute atomic E-state index is 0.00849. The van der Waals surface area contributed by atoms with Gasteiger partial charge >= 0.3 is 6.18 Å². The Morgan fingerprint density at radius 2 is 2.15 bits per heavy atom. The van der Waals surface area contributed by atoms with E-state index in [1.807, 2.05) is 13.0 Å². The first-order chi connectivity index (χ1) is 12.6. The lowest BCUT2D eigenvalue weighted by atomic mass is 9.81. The summed E-state index contributed by atoms with van der Waals surface area (Å²) in [5, 5.41) is 11.9. The Balaban J connectivity index is 1.80. The third-order valence-corrected chi connectivity index (χ3v) is 4.87. The van der Waals surface area contributed by atoms with Gasteiger partial charge < -0.3 is 14.8 Å². The molecule has 1 aromatic rings. The van der Waals surface area contributed by atoms with Gasteiger partial charge in [-0.1, -0.05) is 6.92 Å². The van der Waals surface area contributed by atoms with E-state index in [2.05, 4.69) is 10.3 Å². The molecule has 1 aliphatic heterocycles. The number of ether oxygens (including phenoxy) is 2. The smallest absolute Gasteiger partial charge is 0.425 e. The predicted octanol–water partition coefficient (Wildman–Crippen LogP) is 2.95. The number of pyridine rings is 1. The summed E-state index contributed by atoms with van der Waals surface area (Å²) in [7, 11) is 0. The number of aromatic nitrogens is 1. The number of halogens is 3. The fourth-order valence-corrected chi connectivity index (χ4v) is 2.79. The van der Waals surface area contributed by atoms with Crippen molar-refractivity contribution in [1.82, 2.24) is 10.3 Å². The minimum Gasteiger partial charge on any atom is -0.481 e. The van der Waals surface area contributed by atoms with Gasteiger partial charge in [-0.2, -0.15) is 18.4 Å². The second kappa shape index (κ2) is 7.00. The topological polar surface area (TPSA) is 84.2 Å². The Hall–Kier alpha value is -2.34. The fourth-order valence-electron chi connectivity index (χ4n) is 2.79. The van der Waals surface area contributed by atoms with Crippen molar-refractivity contribution in [3.05, 3.63) is 23.5 Å². The number of hydrogen-bond donors (Lipinski definition) is 1. The lowest BCUT2D eigenvalue weighted by molar-refractivity contribution is -0.189. The monoisotopic (exact) mass is 383 g/mol. The highest BCUT2D eigenvalue weighted by atomic mass is 19.4. The summed E-state index contributed by atoms with van der Waals surface area (Å²) in [6, 6.07) is 2.46. The first kappa shape index (κ1) is 19.4. The molecule has 1 saturated carbocycles. The highest BCUT2D eigenvalue weighted by Gasteiger charge is 2.43. The van der Waals surface area contributed by atoms with Gasteiger partial charge in [-0.05, 0) is 25.7 Å². The third kappa shape index (κ3) is 4.16. The van der Waals surface area contributed by atoms with Gasteiger partial charge in [0, 0.05) is 23.2 Å². The Kier molecular flexibility index (Phi) is 5.04. The van der Waals surface area contributed by atoms with Crippen LogP contribution < -0.4 is 10.1 Å². The first-order valence-electron chi connectivity index (χ1n) is 8.65. The summed E-state index contributed by atoms with van der Waals surface area (Å²) < 4.78 is 48.8. The molecule has 2 fully saturated rings. The molecule has 2 atom stereocenters. The summed E-state index contributed by atoms with van der Waals surface area (Å²) in [6.45, 7) is 3.42. The molecule has 0 aromatic carbocycles. The molecular weight excluding hydrogens is 363 g/mol. The molecule has 1 amide bonds. The number of carbonyl (C=O) groups excluding carboxylic acids is 1. The SMILES string of the molecule is C[C@H](Oc1cc(C(=O)N[C@@H](C#N)C2(C)COC2)ncc1C1CC1)C(F)(F)F. The maximum atomic E-state index is 12.9. The zero-order valence-electron chi connectivity index (χ0n) is 15.0. The second-order valence-corrected chi connectivity index (χ2v) is 7.37. The van der Waals surface area contributed by atoms with E-state index in [1.54, 1.807) is 0 Å². The number of rotatable bonds is 6. The number of alkyl halides is 3. The van der Waals surface area contributed by atoms with Gasteiger partial charge in [-0.3, -0.25) is 9.78 Å². The molecule has 0 bridgehead atoms. The molecule has 1 aromatic heterocycles. The van der Waals surface area contributed by atoms with Gasteiger partial charge in [0.2, 0.25) is 0 Å². The van der Waals surface area contributed by atoms with Crippen molar-refractivity contribution in [2.45, 2.75) is 50.9 Å². The zero-order chi connectivity index (χ0) is 19.8. The summed E-state index contributed by atoms with van der Waals surface area (Å²) in [5.41, 5.74) is -0.0191. The number of nitrogens with one attached hydrogen (secondary N) is 1. The van der Waals surface area contributed by atoms with Crippen LogP contribution in [0.1, 0.15) is 48.7 Å². The van der Waals surface area contributed by atoms with Crippen LogP contribution in [0.15, 0.2) is 12.3 Å². The average Bonchev–Trinajstić information content (AvgIpc) is 3.41. The van der Waals surface area contributed by atoms with Crippen LogP contribution in [-0.4, -0.2) is 42.4 Å². The van der Waals surface area contributed by atoms with E-state index < -0.39 is 29.6 Å². The van der Waals surface area contributed by atoms with Crippen LogP contribution in [0.2, 0.25) is 0 Å². The second-order valence-electron chi connectivity index (χ2n) is 7.37. The van der Waals surface area contributed by atoms with Crippen LogP contribution in [0, 0.1) is 16.7 Å². The number of amides is 1. The summed E-state index contributed by atoms with van der Waals surface area (Å²) in [6.07, 6.45) is -3.44. The molecule has 146 valence electrons. The largest absolute Gasteiger partial charge is 0.481 e. The van der Waals surface area contributed by atoms with Gasteiger partial charge in [0.15, 0.2) is 6.10 Å². The molecule has 0 radical (unpaired) electrons. The van der Waals surface area contributed by atoms with E-state index in [0.717, 1.165) is 19.8 Å². The Bertz CT molecular complexity index is 767. The highest BCUT2D eigenvalue weighted by Crippen LogP contribution is 2.44. The molecule has 0 spiro atoms. The molecule has 27 heavy (non-hydrogen) atoms. The number of carbonyl (C=O) groups is 1. The molecule has 3 rings (SSSR count). The van der Waals surface area contributed by atoms with Gasteiger partial charge in [-0.25, -0.2) is 0 Å². The van der Waals surface area contributed by atoms with E-state index in [4.69, 9.17) is 9.47 Å². The van der Waals surface area contributed by atoms with Crippen LogP contribution in [0.3, 0.4) is 0 Å². The Labute approximate surface area is 154 Å². The molecule has 1 N–H and O–H groups in total. The molecule has 9 heteroatoms. The van der Waals surface area contributed by atoms with Crippen LogP contribution in [0.4, 0.5) is 13.2 Å². The van der Waals surface area contributed by atoms with Crippen molar-refractivity contribution in [2.24, 2.45) is 5.41 Å². The van der Waals surface area contributed by atoms with Crippen molar-refractivity contribution in [3.8, 4) is 11.8 Å². The van der Waals surface area contributed by atoms with Gasteiger partial charge in [0.25, 0.3) is 5.91 Å². The standard InChI is InChI=1S/C18H20F3N3O3/c1-10(18(19,20)21)27-14-5-13(23-7-12(14)11-3-4-11)16(25)24-15(6-22)17(2)8-26-9-17/h5,7,10-11,15H,3-4,8-9H2,1-2H3,(H,24,25)/t10-,15-/m0/s1. The van der Waals surface area contributed by atoms with E-state index in [9.17, 15) is 23.2 Å². The third-order valence-electron chi connectivity index (χ3n) is 4.87. The van der Waals surface area contributed by atoms with Crippen LogP contribution in [0.5, 0.6) is 5.75 Å². The van der Waals surface area contributed by atoms with E-state index >= 15 is 0 Å². The van der Waals surface area contributed by atoms with E-state index in [1.165, 1.54) is 12.3 Å². The maximum Gasteiger partial charge on any atom is 0.425 e. The summed E-state index contributed by atoms with van der Waals surface area (Å²) in [4.78, 5) is 16.6. The van der Waals surface area contributed by atoms with Crippen molar-refractivity contribution in [2.75, 3.05) is 13.2 Å². The number of hydrogen-bond acceptors (Lipinski definition) is 5. The van der Waals surface area contributed by atoms with Crippen molar-refractivity contribution in [1.29, 1.82) is 5.26 Å². The van der Waals surface area contributed by atoms with Gasteiger partial charge in [0.05, 0.1) is 19.3 Å². The number of nitriles is 1. The van der Waals surface area contributed by atoms with Crippen molar-refractivity contribution >= 4 is 5.91 Å². The minimum atomic E-state index is -4.52.